The minimum absolute atomic E-state index is 0.165. The van der Waals surface area contributed by atoms with Gasteiger partial charge in [-0.15, -0.1) is 0 Å². The second-order valence-electron chi connectivity index (χ2n) is 7.31. The average Bonchev–Trinajstić information content (AvgIpc) is 3.12. The number of amides is 2. The Morgan fingerprint density at radius 3 is 2.39 bits per heavy atom. The van der Waals surface area contributed by atoms with Crippen molar-refractivity contribution in [1.82, 2.24) is 0 Å². The molecule has 3 aromatic carbocycles. The van der Waals surface area contributed by atoms with E-state index in [4.69, 9.17) is 9.47 Å². The molecule has 7 heteroatoms. The lowest BCUT2D eigenvalue weighted by Crippen LogP contribution is -2.21. The van der Waals surface area contributed by atoms with E-state index in [9.17, 15) is 9.59 Å². The molecule has 1 aliphatic rings. The van der Waals surface area contributed by atoms with Crippen LogP contribution in [-0.4, -0.2) is 31.2 Å². The van der Waals surface area contributed by atoms with Crippen LogP contribution in [0.15, 0.2) is 89.5 Å². The number of carbonyl (C=O) groups is 2. The number of benzene rings is 3. The zero-order valence-electron chi connectivity index (χ0n) is 18.3. The Morgan fingerprint density at radius 1 is 1.00 bits per heavy atom. The number of rotatable bonds is 7. The molecule has 0 spiro atoms. The summed E-state index contributed by atoms with van der Waals surface area (Å²) in [7, 11) is 1.52. The third-order valence-corrected chi connectivity index (χ3v) is 4.98. The Hall–Kier alpha value is -4.39. The molecule has 0 aromatic heterocycles. The smallest absolute Gasteiger partial charge is 0.280 e. The van der Waals surface area contributed by atoms with Gasteiger partial charge in [0.2, 0.25) is 0 Å². The van der Waals surface area contributed by atoms with Gasteiger partial charge >= 0.3 is 0 Å². The molecule has 1 N–H and O–H groups in total. The van der Waals surface area contributed by atoms with E-state index < -0.39 is 0 Å². The number of hydrazone groups is 1. The third-order valence-electron chi connectivity index (χ3n) is 4.98. The first kappa shape index (κ1) is 21.8. The van der Waals surface area contributed by atoms with E-state index in [2.05, 4.69) is 10.4 Å². The second-order valence-corrected chi connectivity index (χ2v) is 7.31. The van der Waals surface area contributed by atoms with Crippen LogP contribution < -0.4 is 19.8 Å². The van der Waals surface area contributed by atoms with Crippen molar-refractivity contribution in [2.24, 2.45) is 5.10 Å². The van der Waals surface area contributed by atoms with Crippen LogP contribution in [0.5, 0.6) is 11.5 Å². The van der Waals surface area contributed by atoms with Gasteiger partial charge in [-0.1, -0.05) is 42.5 Å². The largest absolute Gasteiger partial charge is 0.493 e. The van der Waals surface area contributed by atoms with Crippen LogP contribution in [0.4, 0.5) is 11.4 Å². The first-order valence-electron chi connectivity index (χ1n) is 10.4. The van der Waals surface area contributed by atoms with E-state index >= 15 is 0 Å². The molecule has 0 aliphatic carbocycles. The molecule has 1 heterocycles. The standard InChI is InChI=1S/C26H23N3O4/c1-18-22(26(31)29(28-18)21-11-7-4-8-12-21)15-19-13-14-23(24(16-19)32-2)33-17-25(30)27-20-9-5-3-6-10-20/h3-16H,17H2,1-2H3,(H,27,30). The van der Waals surface area contributed by atoms with Crippen LogP contribution in [0, 0.1) is 0 Å². The minimum Gasteiger partial charge on any atom is -0.493 e. The molecule has 3 aromatic rings. The molecule has 1 aliphatic heterocycles. The fourth-order valence-corrected chi connectivity index (χ4v) is 3.35. The van der Waals surface area contributed by atoms with E-state index in [1.54, 1.807) is 43.3 Å². The van der Waals surface area contributed by atoms with Crippen LogP contribution in [0.1, 0.15) is 12.5 Å². The molecule has 0 unspecified atom stereocenters. The maximum Gasteiger partial charge on any atom is 0.280 e. The number of hydrogen-bond donors (Lipinski definition) is 1. The van der Waals surface area contributed by atoms with Gasteiger partial charge in [-0.05, 0) is 55.0 Å². The van der Waals surface area contributed by atoms with Crippen molar-refractivity contribution in [3.63, 3.8) is 0 Å². The normalized spacial score (nSPS) is 14.2. The lowest BCUT2D eigenvalue weighted by Gasteiger charge is -2.12. The van der Waals surface area contributed by atoms with E-state index in [0.29, 0.717) is 34.2 Å². The fourth-order valence-electron chi connectivity index (χ4n) is 3.35. The lowest BCUT2D eigenvalue weighted by molar-refractivity contribution is -0.118. The van der Waals surface area contributed by atoms with E-state index in [-0.39, 0.29) is 18.4 Å². The Morgan fingerprint density at radius 2 is 1.70 bits per heavy atom. The van der Waals surface area contributed by atoms with Gasteiger partial charge in [0.1, 0.15) is 0 Å². The van der Waals surface area contributed by atoms with Gasteiger partial charge in [0.15, 0.2) is 18.1 Å². The third kappa shape index (κ3) is 5.10. The number of carbonyl (C=O) groups excluding carboxylic acids is 2. The summed E-state index contributed by atoms with van der Waals surface area (Å²) >= 11 is 0. The zero-order valence-corrected chi connectivity index (χ0v) is 18.3. The van der Waals surface area contributed by atoms with Crippen molar-refractivity contribution in [2.45, 2.75) is 6.92 Å². The van der Waals surface area contributed by atoms with Crippen molar-refractivity contribution in [2.75, 3.05) is 24.0 Å². The fraction of sp³-hybridized carbons (Fsp3) is 0.115. The summed E-state index contributed by atoms with van der Waals surface area (Å²) < 4.78 is 11.1. The van der Waals surface area contributed by atoms with Gasteiger partial charge in [0, 0.05) is 5.69 Å². The molecule has 0 fully saturated rings. The van der Waals surface area contributed by atoms with Gasteiger partial charge in [0.05, 0.1) is 24.1 Å². The molecule has 166 valence electrons. The highest BCUT2D eigenvalue weighted by Crippen LogP contribution is 2.30. The topological polar surface area (TPSA) is 80.2 Å². The van der Waals surface area contributed by atoms with Gasteiger partial charge in [0.25, 0.3) is 11.8 Å². The highest BCUT2D eigenvalue weighted by atomic mass is 16.5. The summed E-state index contributed by atoms with van der Waals surface area (Å²) in [6.07, 6.45) is 1.76. The van der Waals surface area contributed by atoms with Gasteiger partial charge in [-0.2, -0.15) is 10.1 Å². The predicted molar refractivity (Wildman–Crippen MR) is 129 cm³/mol. The summed E-state index contributed by atoms with van der Waals surface area (Å²) in [6.45, 7) is 1.63. The molecule has 33 heavy (non-hydrogen) atoms. The number of ether oxygens (including phenoxy) is 2. The van der Waals surface area contributed by atoms with Crippen molar-refractivity contribution >= 4 is 35.0 Å². The van der Waals surface area contributed by atoms with Crippen molar-refractivity contribution < 1.29 is 19.1 Å². The van der Waals surface area contributed by atoms with Gasteiger partial charge < -0.3 is 14.8 Å². The first-order valence-corrected chi connectivity index (χ1v) is 10.4. The summed E-state index contributed by atoms with van der Waals surface area (Å²) in [5.41, 5.74) is 3.28. The molecule has 7 nitrogen and oxygen atoms in total. The minimum atomic E-state index is -0.279. The molecule has 4 rings (SSSR count). The Kier molecular flexibility index (Phi) is 6.50. The molecule has 0 bridgehead atoms. The Bertz CT molecular complexity index is 1220. The molecule has 0 saturated heterocycles. The summed E-state index contributed by atoms with van der Waals surface area (Å²) in [6, 6.07) is 23.7. The summed E-state index contributed by atoms with van der Waals surface area (Å²) in [5, 5.41) is 8.55. The van der Waals surface area contributed by atoms with Crippen LogP contribution in [-0.2, 0) is 9.59 Å². The van der Waals surface area contributed by atoms with Crippen molar-refractivity contribution in [3.05, 3.63) is 90.0 Å². The van der Waals surface area contributed by atoms with E-state index in [1.807, 2.05) is 48.5 Å². The Balaban J connectivity index is 1.46. The molecule has 0 atom stereocenters. The van der Waals surface area contributed by atoms with Gasteiger partial charge in [-0.25, -0.2) is 0 Å². The van der Waals surface area contributed by atoms with Crippen LogP contribution in [0.25, 0.3) is 6.08 Å². The van der Waals surface area contributed by atoms with Crippen LogP contribution in [0.3, 0.4) is 0 Å². The first-order chi connectivity index (χ1) is 16.0. The van der Waals surface area contributed by atoms with Crippen molar-refractivity contribution in [1.29, 1.82) is 0 Å². The molecular weight excluding hydrogens is 418 g/mol. The number of nitrogens with one attached hydrogen (secondary N) is 1. The number of nitrogens with zero attached hydrogens (tertiary/aromatic N) is 2. The van der Waals surface area contributed by atoms with Crippen molar-refractivity contribution in [3.8, 4) is 11.5 Å². The summed E-state index contributed by atoms with van der Waals surface area (Å²) in [4.78, 5) is 25.1. The number of anilines is 2. The number of hydrogen-bond acceptors (Lipinski definition) is 5. The maximum absolute atomic E-state index is 12.9. The quantitative estimate of drug-likeness (QED) is 0.547. The van der Waals surface area contributed by atoms with Gasteiger partial charge in [-0.3, -0.25) is 9.59 Å². The van der Waals surface area contributed by atoms with Crippen LogP contribution >= 0.6 is 0 Å². The second kappa shape index (κ2) is 9.82. The molecular formula is C26H23N3O4. The summed E-state index contributed by atoms with van der Waals surface area (Å²) in [5.74, 6) is 0.406. The van der Waals surface area contributed by atoms with E-state index in [1.165, 1.54) is 12.1 Å². The SMILES string of the molecule is COc1cc(C=C2C(=O)N(c3ccccc3)N=C2C)ccc1OCC(=O)Nc1ccccc1. The maximum atomic E-state index is 12.9. The van der Waals surface area contributed by atoms with Crippen LogP contribution in [0.2, 0.25) is 0 Å². The molecule has 0 radical (unpaired) electrons. The Labute approximate surface area is 191 Å². The molecule has 0 saturated carbocycles. The number of methoxy groups -OCH3 is 1. The molecule has 2 amide bonds. The highest BCUT2D eigenvalue weighted by Gasteiger charge is 2.28. The van der Waals surface area contributed by atoms with E-state index in [0.717, 1.165) is 5.56 Å². The monoisotopic (exact) mass is 441 g/mol. The lowest BCUT2D eigenvalue weighted by atomic mass is 10.1. The highest BCUT2D eigenvalue weighted by molar-refractivity contribution is 6.32. The predicted octanol–water partition coefficient (Wildman–Crippen LogP) is 4.52. The zero-order chi connectivity index (χ0) is 23.2. The average molecular weight is 441 g/mol. The number of para-hydroxylation sites is 2.